The summed E-state index contributed by atoms with van der Waals surface area (Å²) in [4.78, 5) is 9.45. The zero-order valence-electron chi connectivity index (χ0n) is 18.0. The molecular formula is C22H37N5O2. The Balaban J connectivity index is 1.54. The zero-order valence-corrected chi connectivity index (χ0v) is 18.0. The summed E-state index contributed by atoms with van der Waals surface area (Å²) in [6.07, 6.45) is 4.04. The molecule has 1 atom stereocenters. The molecule has 2 N–H and O–H groups in total. The van der Waals surface area contributed by atoms with Crippen molar-refractivity contribution < 1.29 is 9.47 Å². The summed E-state index contributed by atoms with van der Waals surface area (Å²) in [5.41, 5.74) is 1.28. The van der Waals surface area contributed by atoms with Gasteiger partial charge in [0, 0.05) is 39.8 Å². The Labute approximate surface area is 175 Å². The highest BCUT2D eigenvalue weighted by Crippen LogP contribution is 2.23. The molecule has 0 aliphatic carbocycles. The summed E-state index contributed by atoms with van der Waals surface area (Å²) in [6, 6.07) is 8.66. The van der Waals surface area contributed by atoms with Gasteiger partial charge in [-0.25, -0.2) is 0 Å². The van der Waals surface area contributed by atoms with Crippen molar-refractivity contribution in [3.8, 4) is 5.75 Å². The Hall–Kier alpha value is -1.83. The standard InChI is InChI=1S/C22H37N5O2/c1-23-22(24-10-13-26-11-4-3-5-12-26)25-18-21(27-14-16-29-17-15-27)19-6-8-20(28-2)9-7-19/h6-9,21H,3-5,10-18H2,1-2H3,(H2,23,24,25). The third kappa shape index (κ3) is 6.87. The molecule has 2 aliphatic heterocycles. The van der Waals surface area contributed by atoms with E-state index in [1.165, 1.54) is 37.9 Å². The van der Waals surface area contributed by atoms with Gasteiger partial charge >= 0.3 is 0 Å². The van der Waals surface area contributed by atoms with Crippen LogP contribution in [-0.2, 0) is 4.74 Å². The van der Waals surface area contributed by atoms with E-state index in [9.17, 15) is 0 Å². The summed E-state index contributed by atoms with van der Waals surface area (Å²) in [5, 5.41) is 7.02. The second kappa shape index (κ2) is 12.0. The number of nitrogens with zero attached hydrogens (tertiary/aromatic N) is 3. The zero-order chi connectivity index (χ0) is 20.3. The molecule has 3 rings (SSSR count). The highest BCUT2D eigenvalue weighted by Gasteiger charge is 2.23. The molecule has 2 fully saturated rings. The van der Waals surface area contributed by atoms with Gasteiger partial charge in [0.25, 0.3) is 0 Å². The van der Waals surface area contributed by atoms with E-state index >= 15 is 0 Å². The number of nitrogens with one attached hydrogen (secondary N) is 2. The maximum absolute atomic E-state index is 5.56. The van der Waals surface area contributed by atoms with Crippen molar-refractivity contribution in [1.82, 2.24) is 20.4 Å². The lowest BCUT2D eigenvalue weighted by molar-refractivity contribution is 0.0170. The van der Waals surface area contributed by atoms with Crippen LogP contribution < -0.4 is 15.4 Å². The molecule has 2 aliphatic rings. The van der Waals surface area contributed by atoms with Crippen molar-refractivity contribution >= 4 is 5.96 Å². The number of likely N-dealkylation sites (tertiary alicyclic amines) is 1. The predicted molar refractivity (Wildman–Crippen MR) is 118 cm³/mol. The number of guanidine groups is 1. The molecule has 1 aromatic carbocycles. The number of piperidine rings is 1. The molecule has 1 unspecified atom stereocenters. The molecular weight excluding hydrogens is 366 g/mol. The lowest BCUT2D eigenvalue weighted by Gasteiger charge is -2.35. The first kappa shape index (κ1) is 21.9. The molecule has 2 heterocycles. The fraction of sp³-hybridized carbons (Fsp3) is 0.682. The number of methoxy groups -OCH3 is 1. The SMILES string of the molecule is CN=C(NCCN1CCCCC1)NCC(c1ccc(OC)cc1)N1CCOCC1. The quantitative estimate of drug-likeness (QED) is 0.509. The summed E-state index contributed by atoms with van der Waals surface area (Å²) < 4.78 is 10.9. The lowest BCUT2D eigenvalue weighted by atomic mass is 10.0. The van der Waals surface area contributed by atoms with E-state index in [2.05, 4.69) is 37.6 Å². The monoisotopic (exact) mass is 403 g/mol. The van der Waals surface area contributed by atoms with E-state index in [1.807, 2.05) is 19.2 Å². The largest absolute Gasteiger partial charge is 0.497 e. The van der Waals surface area contributed by atoms with E-state index in [0.29, 0.717) is 0 Å². The second-order valence-electron chi connectivity index (χ2n) is 7.72. The molecule has 7 heteroatoms. The summed E-state index contributed by atoms with van der Waals surface area (Å²) in [6.45, 7) is 8.71. The maximum Gasteiger partial charge on any atom is 0.191 e. The van der Waals surface area contributed by atoms with Crippen LogP contribution in [0.1, 0.15) is 30.9 Å². The van der Waals surface area contributed by atoms with Gasteiger partial charge in [-0.15, -0.1) is 0 Å². The average molecular weight is 404 g/mol. The van der Waals surface area contributed by atoms with Crippen molar-refractivity contribution in [1.29, 1.82) is 0 Å². The third-order valence-corrected chi connectivity index (χ3v) is 5.84. The number of hydrogen-bond acceptors (Lipinski definition) is 5. The molecule has 0 saturated carbocycles. The first-order valence-electron chi connectivity index (χ1n) is 10.9. The molecule has 162 valence electrons. The van der Waals surface area contributed by atoms with Gasteiger partial charge < -0.3 is 25.0 Å². The van der Waals surface area contributed by atoms with Crippen LogP contribution in [0.25, 0.3) is 0 Å². The minimum Gasteiger partial charge on any atom is -0.497 e. The number of rotatable bonds is 8. The Morgan fingerprint density at radius 1 is 1.07 bits per heavy atom. The van der Waals surface area contributed by atoms with Gasteiger partial charge in [-0.1, -0.05) is 18.6 Å². The van der Waals surface area contributed by atoms with Gasteiger partial charge in [0.1, 0.15) is 5.75 Å². The van der Waals surface area contributed by atoms with Crippen molar-refractivity contribution in [2.24, 2.45) is 4.99 Å². The van der Waals surface area contributed by atoms with E-state index < -0.39 is 0 Å². The Morgan fingerprint density at radius 3 is 2.45 bits per heavy atom. The van der Waals surface area contributed by atoms with Crippen molar-refractivity contribution in [3.05, 3.63) is 29.8 Å². The third-order valence-electron chi connectivity index (χ3n) is 5.84. The van der Waals surface area contributed by atoms with Crippen LogP contribution in [0.15, 0.2) is 29.3 Å². The normalized spacial score (nSPS) is 20.3. The van der Waals surface area contributed by atoms with Gasteiger partial charge in [-0.2, -0.15) is 0 Å². The van der Waals surface area contributed by atoms with Crippen LogP contribution in [0.5, 0.6) is 5.75 Å². The van der Waals surface area contributed by atoms with Crippen LogP contribution >= 0.6 is 0 Å². The number of benzene rings is 1. The van der Waals surface area contributed by atoms with E-state index in [-0.39, 0.29) is 6.04 Å². The second-order valence-corrected chi connectivity index (χ2v) is 7.72. The van der Waals surface area contributed by atoms with E-state index in [4.69, 9.17) is 9.47 Å². The van der Waals surface area contributed by atoms with Crippen LogP contribution in [-0.4, -0.2) is 88.9 Å². The lowest BCUT2D eigenvalue weighted by Crippen LogP contribution is -2.47. The fourth-order valence-corrected chi connectivity index (χ4v) is 4.10. The topological polar surface area (TPSA) is 61.4 Å². The minimum absolute atomic E-state index is 0.269. The Bertz CT molecular complexity index is 610. The molecule has 29 heavy (non-hydrogen) atoms. The van der Waals surface area contributed by atoms with Crippen LogP contribution in [0.3, 0.4) is 0 Å². The van der Waals surface area contributed by atoms with Crippen LogP contribution in [0, 0.1) is 0 Å². The van der Waals surface area contributed by atoms with Gasteiger partial charge in [0.05, 0.1) is 26.4 Å². The molecule has 0 radical (unpaired) electrons. The van der Waals surface area contributed by atoms with Gasteiger partial charge in [0.2, 0.25) is 0 Å². The molecule has 0 spiro atoms. The first-order valence-corrected chi connectivity index (χ1v) is 10.9. The summed E-state index contributed by atoms with van der Waals surface area (Å²) >= 11 is 0. The summed E-state index contributed by atoms with van der Waals surface area (Å²) in [5.74, 6) is 1.76. The number of ether oxygens (including phenoxy) is 2. The summed E-state index contributed by atoms with van der Waals surface area (Å²) in [7, 11) is 3.54. The molecule has 0 bridgehead atoms. The van der Waals surface area contributed by atoms with Gasteiger partial charge in [-0.05, 0) is 43.6 Å². The first-order chi connectivity index (χ1) is 14.3. The van der Waals surface area contributed by atoms with Crippen LogP contribution in [0.4, 0.5) is 0 Å². The number of aliphatic imine (C=N–C) groups is 1. The van der Waals surface area contributed by atoms with Crippen molar-refractivity contribution in [2.45, 2.75) is 25.3 Å². The molecule has 2 saturated heterocycles. The van der Waals surface area contributed by atoms with Gasteiger partial charge in [-0.3, -0.25) is 9.89 Å². The minimum atomic E-state index is 0.269. The maximum atomic E-state index is 5.56. The van der Waals surface area contributed by atoms with Gasteiger partial charge in [0.15, 0.2) is 5.96 Å². The highest BCUT2D eigenvalue weighted by atomic mass is 16.5. The molecule has 1 aromatic rings. The average Bonchev–Trinajstić information content (AvgIpc) is 2.80. The molecule has 7 nitrogen and oxygen atoms in total. The highest BCUT2D eigenvalue weighted by molar-refractivity contribution is 5.79. The predicted octanol–water partition coefficient (Wildman–Crippen LogP) is 1.72. The van der Waals surface area contributed by atoms with E-state index in [0.717, 1.165) is 57.6 Å². The van der Waals surface area contributed by atoms with Crippen LogP contribution in [0.2, 0.25) is 0 Å². The number of morpholine rings is 1. The fourth-order valence-electron chi connectivity index (χ4n) is 4.10. The molecule has 0 amide bonds. The molecule has 0 aromatic heterocycles. The Morgan fingerprint density at radius 2 is 1.79 bits per heavy atom. The van der Waals surface area contributed by atoms with Crippen molar-refractivity contribution in [3.63, 3.8) is 0 Å². The number of hydrogen-bond donors (Lipinski definition) is 2. The van der Waals surface area contributed by atoms with Crippen molar-refractivity contribution in [2.75, 3.05) is 73.2 Å². The van der Waals surface area contributed by atoms with E-state index in [1.54, 1.807) is 7.11 Å². The smallest absolute Gasteiger partial charge is 0.191 e. The Kier molecular flexibility index (Phi) is 9.05.